The van der Waals surface area contributed by atoms with Gasteiger partial charge in [0, 0.05) is 20.8 Å². The molecule has 27 heavy (non-hydrogen) atoms. The molecule has 154 valence electrons. The van der Waals surface area contributed by atoms with Crippen LogP contribution in [0.25, 0.3) is 0 Å². The number of carbonyl (C=O) groups excluding carboxylic acids is 4. The molecule has 0 spiro atoms. The Morgan fingerprint density at radius 2 is 1.59 bits per heavy atom. The lowest BCUT2D eigenvalue weighted by molar-refractivity contribution is -0.269. The van der Waals surface area contributed by atoms with Crippen LogP contribution < -0.4 is 5.32 Å². The number of hydrogen-bond acceptors (Lipinski definition) is 9. The lowest BCUT2D eigenvalue weighted by Gasteiger charge is -2.43. The second-order valence-electron chi connectivity index (χ2n) is 5.52. The summed E-state index contributed by atoms with van der Waals surface area (Å²) in [5.41, 5.74) is 0. The van der Waals surface area contributed by atoms with E-state index in [1.807, 2.05) is 0 Å². The van der Waals surface area contributed by atoms with Gasteiger partial charge in [0.2, 0.25) is 6.29 Å². The van der Waals surface area contributed by atoms with E-state index in [1.54, 1.807) is 0 Å². The van der Waals surface area contributed by atoms with Crippen LogP contribution in [0, 0.1) is 0 Å². The molecule has 0 bridgehead atoms. The first-order valence-corrected chi connectivity index (χ1v) is 7.52. The average molecular weight is 401 g/mol. The minimum absolute atomic E-state index is 0.567. The van der Waals surface area contributed by atoms with Gasteiger partial charge in [-0.2, -0.15) is 13.2 Å². The van der Waals surface area contributed by atoms with Crippen molar-refractivity contribution in [2.24, 2.45) is 0 Å². The first-order chi connectivity index (χ1) is 12.3. The number of esters is 3. The Kier molecular flexibility index (Phi) is 7.54. The van der Waals surface area contributed by atoms with Crippen LogP contribution in [0.4, 0.5) is 13.2 Å². The molecule has 1 rings (SSSR count). The summed E-state index contributed by atoms with van der Waals surface area (Å²) in [5, 5.41) is 11.8. The van der Waals surface area contributed by atoms with Crippen molar-refractivity contribution in [1.29, 1.82) is 0 Å². The molecule has 0 aromatic heterocycles. The molecule has 1 aliphatic rings. The monoisotopic (exact) mass is 401 g/mol. The second kappa shape index (κ2) is 8.99. The summed E-state index contributed by atoms with van der Waals surface area (Å²) in [4.78, 5) is 44.6. The lowest BCUT2D eigenvalue weighted by atomic mass is 9.96. The van der Waals surface area contributed by atoms with Gasteiger partial charge in [-0.05, 0) is 0 Å². The maximum absolute atomic E-state index is 12.5. The van der Waals surface area contributed by atoms with Gasteiger partial charge in [-0.15, -0.1) is 0 Å². The molecule has 0 aromatic carbocycles. The molecular formula is C14H18F3NO9. The van der Waals surface area contributed by atoms with Gasteiger partial charge in [0.25, 0.3) is 0 Å². The van der Waals surface area contributed by atoms with Crippen LogP contribution in [0.5, 0.6) is 0 Å². The number of aliphatic hydroxyl groups excluding tert-OH is 1. The average Bonchev–Trinajstić information content (AvgIpc) is 2.49. The van der Waals surface area contributed by atoms with Crippen LogP contribution in [0.15, 0.2) is 0 Å². The van der Waals surface area contributed by atoms with E-state index >= 15 is 0 Å². The summed E-state index contributed by atoms with van der Waals surface area (Å²) in [6, 6.07) is -1.92. The third-order valence-corrected chi connectivity index (χ3v) is 3.26. The van der Waals surface area contributed by atoms with E-state index in [9.17, 15) is 37.5 Å². The molecule has 0 saturated carbocycles. The molecule has 1 heterocycles. The van der Waals surface area contributed by atoms with Crippen LogP contribution in [-0.4, -0.2) is 72.3 Å². The fourth-order valence-corrected chi connectivity index (χ4v) is 2.24. The number of aliphatic hydroxyl groups is 1. The van der Waals surface area contributed by atoms with Crippen LogP contribution >= 0.6 is 0 Å². The zero-order valence-electron chi connectivity index (χ0n) is 14.4. The van der Waals surface area contributed by atoms with Crippen molar-refractivity contribution in [3.63, 3.8) is 0 Å². The standard InChI is InChI=1S/C14H18F3NO9/c1-5(19)24-4-8-11(25-6(2)20)10(22)9(12(27-8)26-7(3)21)18-13(23)14(15,16)17/h8-12,22H,4H2,1-3H3,(H,18,23)/t8-,9-,10-,11-,12+/m1/s1. The first-order valence-electron chi connectivity index (χ1n) is 7.52. The van der Waals surface area contributed by atoms with Gasteiger partial charge >= 0.3 is 30.0 Å². The van der Waals surface area contributed by atoms with E-state index in [1.165, 1.54) is 5.32 Å². The first kappa shape index (κ1) is 22.6. The lowest BCUT2D eigenvalue weighted by Crippen LogP contribution is -2.66. The molecule has 1 amide bonds. The van der Waals surface area contributed by atoms with Crippen molar-refractivity contribution in [3.8, 4) is 0 Å². The van der Waals surface area contributed by atoms with E-state index in [0.29, 0.717) is 0 Å². The zero-order valence-corrected chi connectivity index (χ0v) is 14.4. The summed E-state index contributed by atoms with van der Waals surface area (Å²) in [7, 11) is 0. The highest BCUT2D eigenvalue weighted by Crippen LogP contribution is 2.26. The predicted molar refractivity (Wildman–Crippen MR) is 76.6 cm³/mol. The number of amides is 1. The number of hydrogen-bond donors (Lipinski definition) is 2. The fraction of sp³-hybridized carbons (Fsp3) is 0.714. The smallest absolute Gasteiger partial charge is 0.463 e. The van der Waals surface area contributed by atoms with Crippen molar-refractivity contribution < 1.29 is 56.4 Å². The van der Waals surface area contributed by atoms with Crippen molar-refractivity contribution in [2.45, 2.75) is 57.6 Å². The van der Waals surface area contributed by atoms with Gasteiger partial charge in [0.1, 0.15) is 24.9 Å². The molecule has 0 aromatic rings. The SMILES string of the molecule is CC(=O)OC[C@H]1O[C@H](OC(C)=O)[C@H](NC(=O)C(F)(F)F)[C@@H](O)[C@@H]1OC(C)=O. The van der Waals surface area contributed by atoms with Crippen LogP contribution in [0.3, 0.4) is 0 Å². The van der Waals surface area contributed by atoms with Gasteiger partial charge < -0.3 is 29.4 Å². The van der Waals surface area contributed by atoms with Crippen molar-refractivity contribution in [1.82, 2.24) is 5.32 Å². The van der Waals surface area contributed by atoms with Gasteiger partial charge in [-0.3, -0.25) is 19.2 Å². The van der Waals surface area contributed by atoms with E-state index in [2.05, 4.69) is 0 Å². The van der Waals surface area contributed by atoms with Gasteiger partial charge in [-0.1, -0.05) is 0 Å². The third-order valence-electron chi connectivity index (χ3n) is 3.26. The molecule has 1 aliphatic heterocycles. The maximum atomic E-state index is 12.5. The van der Waals surface area contributed by atoms with Gasteiger partial charge in [0.15, 0.2) is 6.10 Å². The summed E-state index contributed by atoms with van der Waals surface area (Å²) in [5.74, 6) is -5.11. The molecule has 10 nitrogen and oxygen atoms in total. The normalized spacial score (nSPS) is 28.0. The Bertz CT molecular complexity index is 595. The molecule has 2 N–H and O–H groups in total. The summed E-state index contributed by atoms with van der Waals surface area (Å²) in [6.45, 7) is 2.35. The molecule has 0 radical (unpaired) electrons. The van der Waals surface area contributed by atoms with Crippen molar-refractivity contribution >= 4 is 23.8 Å². The van der Waals surface area contributed by atoms with E-state index < -0.39 is 67.2 Å². The maximum Gasteiger partial charge on any atom is 0.471 e. The summed E-state index contributed by atoms with van der Waals surface area (Å²) >= 11 is 0. The number of alkyl halides is 3. The molecule has 0 unspecified atom stereocenters. The number of rotatable bonds is 5. The van der Waals surface area contributed by atoms with Crippen LogP contribution in [-0.2, 0) is 38.1 Å². The molecule has 1 fully saturated rings. The predicted octanol–water partition coefficient (Wildman–Crippen LogP) is -0.823. The Labute approximate surface area is 150 Å². The van der Waals surface area contributed by atoms with E-state index in [4.69, 9.17) is 18.9 Å². The molecule has 13 heteroatoms. The Morgan fingerprint density at radius 3 is 2.04 bits per heavy atom. The third kappa shape index (κ3) is 6.67. The number of carbonyl (C=O) groups is 4. The quantitative estimate of drug-likeness (QED) is 0.447. The topological polar surface area (TPSA) is 137 Å². The number of nitrogens with one attached hydrogen (secondary N) is 1. The zero-order chi connectivity index (χ0) is 20.9. The van der Waals surface area contributed by atoms with Gasteiger partial charge in [-0.25, -0.2) is 0 Å². The van der Waals surface area contributed by atoms with E-state index in [-0.39, 0.29) is 0 Å². The fourth-order valence-electron chi connectivity index (χ4n) is 2.24. The molecule has 5 atom stereocenters. The van der Waals surface area contributed by atoms with Crippen molar-refractivity contribution in [3.05, 3.63) is 0 Å². The van der Waals surface area contributed by atoms with Crippen LogP contribution in [0.1, 0.15) is 20.8 Å². The summed E-state index contributed by atoms with van der Waals surface area (Å²) in [6.07, 6.45) is -12.1. The number of halogens is 3. The largest absolute Gasteiger partial charge is 0.471 e. The van der Waals surface area contributed by atoms with E-state index in [0.717, 1.165) is 20.8 Å². The Hall–Kier alpha value is -2.41. The van der Waals surface area contributed by atoms with Crippen LogP contribution in [0.2, 0.25) is 0 Å². The Balaban J connectivity index is 3.14. The number of ether oxygens (including phenoxy) is 4. The second-order valence-corrected chi connectivity index (χ2v) is 5.52. The Morgan fingerprint density at radius 1 is 1.04 bits per heavy atom. The highest BCUT2D eigenvalue weighted by atomic mass is 19.4. The molecular weight excluding hydrogens is 383 g/mol. The van der Waals surface area contributed by atoms with Gasteiger partial charge in [0.05, 0.1) is 0 Å². The van der Waals surface area contributed by atoms with Crippen molar-refractivity contribution in [2.75, 3.05) is 6.61 Å². The minimum atomic E-state index is -5.30. The molecule has 0 aliphatic carbocycles. The molecule has 1 saturated heterocycles. The highest BCUT2D eigenvalue weighted by molar-refractivity contribution is 5.82. The summed E-state index contributed by atoms with van der Waals surface area (Å²) < 4.78 is 57.0. The minimum Gasteiger partial charge on any atom is -0.463 e. The highest BCUT2D eigenvalue weighted by Gasteiger charge is 2.52.